The second kappa shape index (κ2) is 7.64. The number of anilines is 1. The fraction of sp³-hybridized carbons (Fsp3) is 0.154. The Labute approximate surface area is 173 Å². The maximum atomic E-state index is 13.3. The highest BCUT2D eigenvalue weighted by Gasteiger charge is 2.37. The second-order valence-electron chi connectivity index (χ2n) is 8.29. The molecule has 0 spiro atoms. The number of allylic oxidation sites excluding steroid dienone is 1. The van der Waals surface area contributed by atoms with Crippen molar-refractivity contribution in [2.75, 3.05) is 4.81 Å². The van der Waals surface area contributed by atoms with Crippen LogP contribution in [0.3, 0.4) is 0 Å². The Morgan fingerprint density at radius 2 is 1.48 bits per heavy atom. The number of nitrogens with zero attached hydrogens (tertiary/aromatic N) is 1. The third-order valence-electron chi connectivity index (χ3n) is 5.10. The van der Waals surface area contributed by atoms with Gasteiger partial charge in [0.2, 0.25) is 0 Å². The van der Waals surface area contributed by atoms with Crippen LogP contribution in [0, 0.1) is 23.0 Å². The summed E-state index contributed by atoms with van der Waals surface area (Å²) in [6.45, 7) is 6.56. The van der Waals surface area contributed by atoms with Gasteiger partial charge in [-0.2, -0.15) is 0 Å². The Kier molecular flexibility index (Phi) is 5.03. The smallest absolute Gasteiger partial charge is 0.373 e. The third kappa shape index (κ3) is 3.98. The topological polar surface area (TPSA) is 3.24 Å². The van der Waals surface area contributed by atoms with E-state index in [1.807, 2.05) is 6.07 Å². The molecule has 1 aliphatic heterocycles. The molecular weight excluding hydrogens is 356 g/mol. The maximum absolute atomic E-state index is 13.3. The van der Waals surface area contributed by atoms with E-state index in [2.05, 4.69) is 91.9 Å². The normalized spacial score (nSPS) is 13.3. The molecule has 0 saturated heterocycles. The van der Waals surface area contributed by atoms with Crippen LogP contribution in [0.25, 0.3) is 6.08 Å². The zero-order chi connectivity index (χ0) is 20.4. The number of hydrogen-bond donors (Lipinski definition) is 0. The number of para-hydroxylation sites is 1. The number of halogens is 1. The average molecular weight is 379 g/mol. The Balaban J connectivity index is 1.89. The molecule has 0 unspecified atom stereocenters. The molecule has 0 fully saturated rings. The summed E-state index contributed by atoms with van der Waals surface area (Å²) in [5, 5.41) is 0. The third-order valence-corrected chi connectivity index (χ3v) is 5.10. The second-order valence-corrected chi connectivity index (χ2v) is 8.29. The van der Waals surface area contributed by atoms with Crippen molar-refractivity contribution >= 4 is 24.1 Å². The van der Waals surface area contributed by atoms with Gasteiger partial charge >= 0.3 is 6.85 Å². The highest BCUT2D eigenvalue weighted by atomic mass is 19.1. The van der Waals surface area contributed by atoms with Gasteiger partial charge in [-0.05, 0) is 53.5 Å². The van der Waals surface area contributed by atoms with Gasteiger partial charge in [0.05, 0.1) is 0 Å². The van der Waals surface area contributed by atoms with Crippen LogP contribution in [0.15, 0.2) is 84.6 Å². The molecule has 29 heavy (non-hydrogen) atoms. The van der Waals surface area contributed by atoms with Gasteiger partial charge in [0.25, 0.3) is 0 Å². The van der Waals surface area contributed by atoms with E-state index in [1.54, 1.807) is 12.1 Å². The largest absolute Gasteiger partial charge is 0.381 e. The molecular formula is C26H23BFN. The minimum atomic E-state index is -0.248. The molecule has 4 rings (SSSR count). The van der Waals surface area contributed by atoms with E-state index in [9.17, 15) is 4.39 Å². The van der Waals surface area contributed by atoms with Crippen LogP contribution >= 0.6 is 0 Å². The van der Waals surface area contributed by atoms with Gasteiger partial charge in [-0.25, -0.2) is 4.39 Å². The van der Waals surface area contributed by atoms with Crippen LogP contribution < -0.4 is 10.3 Å². The lowest BCUT2D eigenvalue weighted by Crippen LogP contribution is -2.53. The molecule has 1 nitrogen and oxygen atoms in total. The van der Waals surface area contributed by atoms with Gasteiger partial charge in [-0.15, -0.1) is 5.82 Å². The van der Waals surface area contributed by atoms with Crippen LogP contribution in [-0.2, 0) is 0 Å². The molecule has 0 saturated carbocycles. The van der Waals surface area contributed by atoms with E-state index >= 15 is 0 Å². The zero-order valence-electron chi connectivity index (χ0n) is 17.0. The molecule has 0 atom stereocenters. The van der Waals surface area contributed by atoms with Crippen LogP contribution in [0.5, 0.6) is 0 Å². The summed E-state index contributed by atoms with van der Waals surface area (Å²) in [6, 6.07) is 25.2. The number of rotatable bonds is 1. The van der Waals surface area contributed by atoms with E-state index in [0.29, 0.717) is 0 Å². The molecule has 3 heteroatoms. The molecule has 0 bridgehead atoms. The van der Waals surface area contributed by atoms with Crippen LogP contribution in [0.2, 0.25) is 0 Å². The Morgan fingerprint density at radius 3 is 2.17 bits per heavy atom. The number of fused-ring (bicyclic) bond motifs is 1. The minimum Gasteiger partial charge on any atom is -0.373 e. The van der Waals surface area contributed by atoms with Crippen molar-refractivity contribution in [2.45, 2.75) is 20.8 Å². The van der Waals surface area contributed by atoms with Crippen LogP contribution in [0.1, 0.15) is 31.9 Å². The minimum absolute atomic E-state index is 0.0564. The quantitative estimate of drug-likeness (QED) is 0.397. The van der Waals surface area contributed by atoms with Gasteiger partial charge in [-0.1, -0.05) is 69.2 Å². The van der Waals surface area contributed by atoms with E-state index in [4.69, 9.17) is 0 Å². The summed E-state index contributed by atoms with van der Waals surface area (Å²) < 4.78 is 13.3. The standard InChI is InChI=1S/C26H23BFN/c1-26(2,3)25-19-21-9-7-8-12-24(21)27(29(25)23-10-5-4-6-11-23)18-17-20-13-15-22(28)16-14-20/h4-16,19H,1-3H3. The van der Waals surface area contributed by atoms with Gasteiger partial charge in [0, 0.05) is 22.4 Å². The van der Waals surface area contributed by atoms with E-state index in [1.165, 1.54) is 28.9 Å². The van der Waals surface area contributed by atoms with Crippen LogP contribution in [0.4, 0.5) is 10.1 Å². The van der Waals surface area contributed by atoms with Crippen molar-refractivity contribution < 1.29 is 4.39 Å². The first-order valence-corrected chi connectivity index (χ1v) is 9.86. The van der Waals surface area contributed by atoms with E-state index < -0.39 is 0 Å². The van der Waals surface area contributed by atoms with Crippen molar-refractivity contribution in [1.29, 1.82) is 0 Å². The fourth-order valence-corrected chi connectivity index (χ4v) is 3.67. The zero-order valence-corrected chi connectivity index (χ0v) is 17.0. The first-order valence-electron chi connectivity index (χ1n) is 9.86. The SMILES string of the molecule is CC(C)(C)C1=Cc2ccccc2B(C#Cc2ccc(F)cc2)N1c1ccccc1. The van der Waals surface area contributed by atoms with Gasteiger partial charge in [-0.3, -0.25) is 0 Å². The monoisotopic (exact) mass is 379 g/mol. The van der Waals surface area contributed by atoms with Crippen molar-refractivity contribution in [3.8, 4) is 11.7 Å². The summed E-state index contributed by atoms with van der Waals surface area (Å²) >= 11 is 0. The van der Waals surface area contributed by atoms with Crippen molar-refractivity contribution in [3.05, 3.63) is 102 Å². The predicted octanol–water partition coefficient (Wildman–Crippen LogP) is 5.52. The Hall–Kier alpha value is -3.25. The lowest BCUT2D eigenvalue weighted by molar-refractivity contribution is 0.501. The first kappa shape index (κ1) is 19.1. The maximum Gasteiger partial charge on any atom is 0.381 e. The predicted molar refractivity (Wildman–Crippen MR) is 121 cm³/mol. The van der Waals surface area contributed by atoms with Crippen molar-refractivity contribution in [1.82, 2.24) is 0 Å². The highest BCUT2D eigenvalue weighted by molar-refractivity contribution is 6.85. The molecule has 1 aliphatic rings. The first-order chi connectivity index (χ1) is 13.9. The lowest BCUT2D eigenvalue weighted by Gasteiger charge is -2.41. The lowest BCUT2D eigenvalue weighted by atomic mass is 9.50. The van der Waals surface area contributed by atoms with E-state index in [-0.39, 0.29) is 18.1 Å². The van der Waals surface area contributed by atoms with Crippen LogP contribution in [-0.4, -0.2) is 6.85 Å². The molecule has 0 aromatic heterocycles. The summed E-state index contributed by atoms with van der Waals surface area (Å²) in [7, 11) is 0. The van der Waals surface area contributed by atoms with Crippen molar-refractivity contribution in [2.24, 2.45) is 5.41 Å². The summed E-state index contributed by atoms with van der Waals surface area (Å²) in [5.74, 6) is 6.50. The molecule has 3 aromatic rings. The van der Waals surface area contributed by atoms with E-state index in [0.717, 1.165) is 11.3 Å². The molecule has 1 heterocycles. The molecule has 0 N–H and O–H groups in total. The fourth-order valence-electron chi connectivity index (χ4n) is 3.67. The summed E-state index contributed by atoms with van der Waals surface area (Å²) in [6.07, 6.45) is 2.28. The molecule has 3 aromatic carbocycles. The van der Waals surface area contributed by atoms with Crippen molar-refractivity contribution in [3.63, 3.8) is 0 Å². The van der Waals surface area contributed by atoms with Gasteiger partial charge in [0.15, 0.2) is 0 Å². The van der Waals surface area contributed by atoms with Gasteiger partial charge < -0.3 is 4.81 Å². The average Bonchev–Trinajstić information content (AvgIpc) is 2.72. The summed E-state index contributed by atoms with van der Waals surface area (Å²) in [5.41, 5.74) is 5.47. The number of benzene rings is 3. The molecule has 142 valence electrons. The number of hydrogen-bond acceptors (Lipinski definition) is 1. The van der Waals surface area contributed by atoms with Gasteiger partial charge in [0.1, 0.15) is 5.82 Å². The summed E-state index contributed by atoms with van der Waals surface area (Å²) in [4.78, 5) is 2.33. The highest BCUT2D eigenvalue weighted by Crippen LogP contribution is 2.36. The molecule has 0 radical (unpaired) electrons. The molecule has 0 amide bonds. The molecule has 0 aliphatic carbocycles. The Bertz CT molecular complexity index is 1100. The Morgan fingerprint density at radius 1 is 0.828 bits per heavy atom.